The molecular weight excluding hydrogens is 197 g/mol. The molecule has 0 fully saturated rings. The first-order chi connectivity index (χ1) is 7.13. The molecule has 0 aromatic carbocycles. The van der Waals surface area contributed by atoms with Crippen LogP contribution in [0.2, 0.25) is 0 Å². The largest absolute Gasteiger partial charge is 0.461 e. The molecule has 0 unspecified atom stereocenters. The van der Waals surface area contributed by atoms with Crippen molar-refractivity contribution in [2.75, 3.05) is 6.61 Å². The number of aromatic nitrogens is 1. The number of esters is 1. The van der Waals surface area contributed by atoms with Crippen molar-refractivity contribution in [1.82, 2.24) is 4.98 Å². The van der Waals surface area contributed by atoms with Gasteiger partial charge in [0.2, 0.25) is 5.83 Å². The number of hydrogen-bond acceptors (Lipinski definition) is 3. The van der Waals surface area contributed by atoms with Crippen LogP contribution in [-0.2, 0) is 9.53 Å². The van der Waals surface area contributed by atoms with E-state index in [1.807, 2.05) is 0 Å². The first-order valence-electron chi connectivity index (χ1n) is 4.61. The van der Waals surface area contributed by atoms with Crippen LogP contribution in [0.25, 0.3) is 6.08 Å². The predicted molar refractivity (Wildman–Crippen MR) is 54.7 cm³/mol. The van der Waals surface area contributed by atoms with Crippen LogP contribution in [0.15, 0.2) is 24.0 Å². The van der Waals surface area contributed by atoms with E-state index < -0.39 is 11.8 Å². The van der Waals surface area contributed by atoms with E-state index in [-0.39, 0.29) is 6.61 Å². The highest BCUT2D eigenvalue weighted by Crippen LogP contribution is 2.08. The van der Waals surface area contributed by atoms with Gasteiger partial charge in [0.05, 0.1) is 12.3 Å². The zero-order valence-electron chi connectivity index (χ0n) is 8.66. The van der Waals surface area contributed by atoms with Crippen molar-refractivity contribution in [1.29, 1.82) is 0 Å². The molecule has 0 N–H and O–H groups in total. The molecule has 4 heteroatoms. The molecule has 0 saturated carbocycles. The Morgan fingerprint density at radius 3 is 2.93 bits per heavy atom. The molecule has 1 aromatic rings. The quantitative estimate of drug-likeness (QED) is 0.566. The van der Waals surface area contributed by atoms with Gasteiger partial charge >= 0.3 is 5.97 Å². The van der Waals surface area contributed by atoms with Gasteiger partial charge in [-0.25, -0.2) is 4.79 Å². The van der Waals surface area contributed by atoms with Crippen molar-refractivity contribution < 1.29 is 13.9 Å². The standard InChI is InChI=1S/C11H12FNO2/c1-3-15-11(14)10(12)7-9-6-4-5-8(2)13-9/h4-7H,3H2,1-2H3/b10-7-. The number of halogens is 1. The smallest absolute Gasteiger partial charge is 0.367 e. The lowest BCUT2D eigenvalue weighted by Gasteiger charge is -1.98. The SMILES string of the molecule is CCOC(=O)/C(F)=C/c1cccc(C)n1. The van der Waals surface area contributed by atoms with Crippen LogP contribution in [0.4, 0.5) is 4.39 Å². The minimum Gasteiger partial charge on any atom is -0.461 e. The normalized spacial score (nSPS) is 11.3. The molecule has 80 valence electrons. The predicted octanol–water partition coefficient (Wildman–Crippen LogP) is 2.26. The molecule has 0 radical (unpaired) electrons. The number of nitrogens with zero attached hydrogens (tertiary/aromatic N) is 1. The summed E-state index contributed by atoms with van der Waals surface area (Å²) in [6.07, 6.45) is 1.06. The van der Waals surface area contributed by atoms with Gasteiger partial charge in [0.15, 0.2) is 0 Å². The molecule has 0 aliphatic carbocycles. The molecule has 0 aliphatic heterocycles. The van der Waals surface area contributed by atoms with E-state index in [9.17, 15) is 9.18 Å². The van der Waals surface area contributed by atoms with Gasteiger partial charge in [0, 0.05) is 11.8 Å². The van der Waals surface area contributed by atoms with Crippen LogP contribution in [0.5, 0.6) is 0 Å². The Hall–Kier alpha value is -1.71. The van der Waals surface area contributed by atoms with E-state index in [1.165, 1.54) is 0 Å². The Kier molecular flexibility index (Phi) is 3.97. The number of rotatable bonds is 3. The second-order valence-electron chi connectivity index (χ2n) is 2.92. The second kappa shape index (κ2) is 5.24. The van der Waals surface area contributed by atoms with E-state index in [2.05, 4.69) is 9.72 Å². The fraction of sp³-hybridized carbons (Fsp3) is 0.273. The van der Waals surface area contributed by atoms with Crippen molar-refractivity contribution in [3.63, 3.8) is 0 Å². The summed E-state index contributed by atoms with van der Waals surface area (Å²) < 4.78 is 17.6. The molecule has 0 amide bonds. The third kappa shape index (κ3) is 3.50. The first-order valence-corrected chi connectivity index (χ1v) is 4.61. The molecule has 1 rings (SSSR count). The van der Waals surface area contributed by atoms with Gasteiger partial charge in [-0.3, -0.25) is 4.98 Å². The van der Waals surface area contributed by atoms with Crippen molar-refractivity contribution in [3.05, 3.63) is 35.4 Å². The van der Waals surface area contributed by atoms with Crippen LogP contribution in [0.1, 0.15) is 18.3 Å². The van der Waals surface area contributed by atoms with Gasteiger partial charge in [-0.1, -0.05) is 6.07 Å². The lowest BCUT2D eigenvalue weighted by atomic mass is 10.3. The Morgan fingerprint density at radius 1 is 1.60 bits per heavy atom. The summed E-state index contributed by atoms with van der Waals surface area (Å²) in [7, 11) is 0. The van der Waals surface area contributed by atoms with Gasteiger partial charge < -0.3 is 4.74 Å². The summed E-state index contributed by atoms with van der Waals surface area (Å²) in [5.74, 6) is -1.89. The fourth-order valence-corrected chi connectivity index (χ4v) is 1.03. The van der Waals surface area contributed by atoms with E-state index >= 15 is 0 Å². The molecule has 0 bridgehead atoms. The molecule has 0 atom stereocenters. The highest BCUT2D eigenvalue weighted by molar-refractivity contribution is 5.90. The Bertz CT molecular complexity index is 388. The van der Waals surface area contributed by atoms with Crippen LogP contribution >= 0.6 is 0 Å². The number of pyridine rings is 1. The van der Waals surface area contributed by atoms with Gasteiger partial charge in [-0.15, -0.1) is 0 Å². The molecule has 15 heavy (non-hydrogen) atoms. The Balaban J connectivity index is 2.82. The molecule has 1 heterocycles. The average Bonchev–Trinajstić information content (AvgIpc) is 2.18. The lowest BCUT2D eigenvalue weighted by Crippen LogP contribution is -2.04. The van der Waals surface area contributed by atoms with E-state index in [1.54, 1.807) is 32.0 Å². The zero-order chi connectivity index (χ0) is 11.3. The topological polar surface area (TPSA) is 39.2 Å². The first kappa shape index (κ1) is 11.4. The molecule has 3 nitrogen and oxygen atoms in total. The van der Waals surface area contributed by atoms with Gasteiger partial charge in [0.25, 0.3) is 0 Å². The monoisotopic (exact) mass is 209 g/mol. The second-order valence-corrected chi connectivity index (χ2v) is 2.92. The number of hydrogen-bond donors (Lipinski definition) is 0. The van der Waals surface area contributed by atoms with Crippen molar-refractivity contribution in [2.24, 2.45) is 0 Å². The van der Waals surface area contributed by atoms with Crippen molar-refractivity contribution in [2.45, 2.75) is 13.8 Å². The summed E-state index contributed by atoms with van der Waals surface area (Å²) in [5, 5.41) is 0. The van der Waals surface area contributed by atoms with E-state index in [0.717, 1.165) is 11.8 Å². The summed E-state index contributed by atoms with van der Waals surface area (Å²) in [6.45, 7) is 3.57. The third-order valence-electron chi connectivity index (χ3n) is 1.65. The minimum absolute atomic E-state index is 0.154. The fourth-order valence-electron chi connectivity index (χ4n) is 1.03. The van der Waals surface area contributed by atoms with Gasteiger partial charge in [-0.2, -0.15) is 4.39 Å². The molecule has 0 aliphatic rings. The number of carbonyl (C=O) groups excluding carboxylic acids is 1. The summed E-state index contributed by atoms with van der Waals surface area (Å²) in [4.78, 5) is 15.0. The maximum Gasteiger partial charge on any atom is 0.367 e. The minimum atomic E-state index is -0.958. The zero-order valence-corrected chi connectivity index (χ0v) is 8.66. The lowest BCUT2D eigenvalue weighted by molar-refractivity contribution is -0.140. The van der Waals surface area contributed by atoms with Crippen LogP contribution in [0.3, 0.4) is 0 Å². The number of carbonyl (C=O) groups is 1. The average molecular weight is 209 g/mol. The summed E-state index contributed by atoms with van der Waals surface area (Å²) in [6, 6.07) is 5.15. The molecule has 0 saturated heterocycles. The summed E-state index contributed by atoms with van der Waals surface area (Å²) >= 11 is 0. The van der Waals surface area contributed by atoms with Gasteiger partial charge in [-0.05, 0) is 26.0 Å². The highest BCUT2D eigenvalue weighted by Gasteiger charge is 2.09. The Labute approximate surface area is 87.6 Å². The summed E-state index contributed by atoms with van der Waals surface area (Å²) in [5.41, 5.74) is 1.17. The van der Waals surface area contributed by atoms with Crippen molar-refractivity contribution >= 4 is 12.0 Å². The maximum absolute atomic E-state index is 13.1. The van der Waals surface area contributed by atoms with E-state index in [0.29, 0.717) is 5.69 Å². The maximum atomic E-state index is 13.1. The molecule has 0 spiro atoms. The van der Waals surface area contributed by atoms with Crippen LogP contribution < -0.4 is 0 Å². The number of aryl methyl sites for hydroxylation is 1. The molecular formula is C11H12FNO2. The highest BCUT2D eigenvalue weighted by atomic mass is 19.1. The van der Waals surface area contributed by atoms with Crippen molar-refractivity contribution in [3.8, 4) is 0 Å². The third-order valence-corrected chi connectivity index (χ3v) is 1.65. The number of ether oxygens (including phenoxy) is 1. The van der Waals surface area contributed by atoms with Crippen LogP contribution in [0, 0.1) is 6.92 Å². The van der Waals surface area contributed by atoms with E-state index in [4.69, 9.17) is 0 Å². The van der Waals surface area contributed by atoms with Gasteiger partial charge in [0.1, 0.15) is 0 Å². The molecule has 1 aromatic heterocycles. The van der Waals surface area contributed by atoms with Crippen LogP contribution in [-0.4, -0.2) is 17.6 Å². The Morgan fingerprint density at radius 2 is 2.33 bits per heavy atom.